The van der Waals surface area contributed by atoms with E-state index in [1.807, 2.05) is 0 Å². The van der Waals surface area contributed by atoms with Crippen molar-refractivity contribution in [2.75, 3.05) is 32.8 Å². The lowest BCUT2D eigenvalue weighted by Crippen LogP contribution is -2.46. The molecule has 1 aliphatic heterocycles. The van der Waals surface area contributed by atoms with Crippen LogP contribution in [0.15, 0.2) is 0 Å². The van der Waals surface area contributed by atoms with E-state index in [-0.39, 0.29) is 30.9 Å². The molecule has 2 aliphatic rings. The second kappa shape index (κ2) is 6.85. The van der Waals surface area contributed by atoms with Crippen LogP contribution in [0.4, 0.5) is 0 Å². The van der Waals surface area contributed by atoms with E-state index in [1.165, 1.54) is 19.4 Å². The first-order chi connectivity index (χ1) is 5.88. The Hall–Kier alpha value is 0.460. The summed E-state index contributed by atoms with van der Waals surface area (Å²) in [4.78, 5) is 2.50. The molecule has 5 heteroatoms. The van der Waals surface area contributed by atoms with Gasteiger partial charge >= 0.3 is 0 Å². The topological polar surface area (TPSA) is 38.5 Å². The highest BCUT2D eigenvalue weighted by molar-refractivity contribution is 5.85. The molecule has 1 saturated heterocycles. The number of morpholine rings is 1. The second-order valence-corrected chi connectivity index (χ2v) is 3.93. The fourth-order valence-electron chi connectivity index (χ4n) is 1.75. The summed E-state index contributed by atoms with van der Waals surface area (Å²) >= 11 is 0. The molecule has 2 rings (SSSR count). The molecular weight excluding hydrogens is 223 g/mol. The summed E-state index contributed by atoms with van der Waals surface area (Å²) in [6.45, 7) is 4.97. The summed E-state index contributed by atoms with van der Waals surface area (Å²) in [7, 11) is 0. The van der Waals surface area contributed by atoms with Crippen LogP contribution in [0, 0.1) is 5.92 Å². The predicted molar refractivity (Wildman–Crippen MR) is 62.5 cm³/mol. The summed E-state index contributed by atoms with van der Waals surface area (Å²) < 4.78 is 5.49. The molecule has 0 aromatic rings. The van der Waals surface area contributed by atoms with E-state index in [2.05, 4.69) is 4.90 Å². The van der Waals surface area contributed by atoms with Crippen molar-refractivity contribution in [3.05, 3.63) is 0 Å². The third-order valence-electron chi connectivity index (χ3n) is 2.70. The summed E-state index contributed by atoms with van der Waals surface area (Å²) in [5.41, 5.74) is 5.56. The molecule has 1 saturated carbocycles. The van der Waals surface area contributed by atoms with Crippen LogP contribution in [0.5, 0.6) is 0 Å². The molecule has 0 aromatic heterocycles. The average Bonchev–Trinajstić information content (AvgIpc) is 2.89. The highest BCUT2D eigenvalue weighted by Crippen LogP contribution is 2.30. The third kappa shape index (κ3) is 4.32. The zero-order chi connectivity index (χ0) is 8.39. The monoisotopic (exact) mass is 242 g/mol. The largest absolute Gasteiger partial charge is 0.374 e. The highest BCUT2D eigenvalue weighted by Gasteiger charge is 2.27. The second-order valence-electron chi connectivity index (χ2n) is 3.93. The predicted octanol–water partition coefficient (Wildman–Crippen LogP) is 0.899. The lowest BCUT2D eigenvalue weighted by Gasteiger charge is -2.32. The summed E-state index contributed by atoms with van der Waals surface area (Å²) in [6.07, 6.45) is 3.16. The first-order valence-corrected chi connectivity index (χ1v) is 4.92. The minimum absolute atomic E-state index is 0. The van der Waals surface area contributed by atoms with E-state index in [4.69, 9.17) is 10.5 Å². The van der Waals surface area contributed by atoms with Crippen LogP contribution in [-0.2, 0) is 4.74 Å². The van der Waals surface area contributed by atoms with Gasteiger partial charge in [-0.15, -0.1) is 24.8 Å². The Morgan fingerprint density at radius 2 is 2.00 bits per heavy atom. The van der Waals surface area contributed by atoms with Gasteiger partial charge in [0.1, 0.15) is 0 Å². The third-order valence-corrected chi connectivity index (χ3v) is 2.70. The van der Waals surface area contributed by atoms with Crippen molar-refractivity contribution in [1.29, 1.82) is 0 Å². The fourth-order valence-corrected chi connectivity index (χ4v) is 1.75. The van der Waals surface area contributed by atoms with Crippen LogP contribution in [0.2, 0.25) is 0 Å². The lowest BCUT2D eigenvalue weighted by atomic mass is 10.2. The Kier molecular flexibility index (Phi) is 7.08. The number of nitrogens with zero attached hydrogens (tertiary/aromatic N) is 1. The van der Waals surface area contributed by atoms with E-state index < -0.39 is 0 Å². The van der Waals surface area contributed by atoms with Crippen molar-refractivity contribution in [1.82, 2.24) is 4.90 Å². The van der Waals surface area contributed by atoms with Crippen LogP contribution in [0.3, 0.4) is 0 Å². The van der Waals surface area contributed by atoms with Crippen LogP contribution < -0.4 is 5.73 Å². The van der Waals surface area contributed by atoms with E-state index in [9.17, 15) is 0 Å². The van der Waals surface area contributed by atoms with Crippen molar-refractivity contribution in [2.24, 2.45) is 11.7 Å². The summed E-state index contributed by atoms with van der Waals surface area (Å²) in [5.74, 6) is 0.988. The van der Waals surface area contributed by atoms with Gasteiger partial charge in [0.2, 0.25) is 0 Å². The van der Waals surface area contributed by atoms with Gasteiger partial charge in [-0.2, -0.15) is 0 Å². The van der Waals surface area contributed by atoms with Crippen LogP contribution in [0.25, 0.3) is 0 Å². The smallest absolute Gasteiger partial charge is 0.0824 e. The highest BCUT2D eigenvalue weighted by atomic mass is 35.5. The summed E-state index contributed by atoms with van der Waals surface area (Å²) in [5, 5.41) is 0. The lowest BCUT2D eigenvalue weighted by molar-refractivity contribution is -0.0244. The van der Waals surface area contributed by atoms with Crippen molar-refractivity contribution >= 4 is 24.8 Å². The minimum Gasteiger partial charge on any atom is -0.374 e. The number of hydrogen-bond acceptors (Lipinski definition) is 3. The zero-order valence-corrected chi connectivity index (χ0v) is 9.99. The molecule has 1 atom stereocenters. The molecule has 0 amide bonds. The zero-order valence-electron chi connectivity index (χ0n) is 8.35. The molecule has 3 nitrogen and oxygen atoms in total. The first-order valence-electron chi connectivity index (χ1n) is 4.92. The van der Waals surface area contributed by atoms with Crippen LogP contribution in [-0.4, -0.2) is 43.8 Å². The van der Waals surface area contributed by atoms with Crippen LogP contribution in [0.1, 0.15) is 12.8 Å². The number of rotatable bonds is 3. The van der Waals surface area contributed by atoms with Gasteiger partial charge in [-0.3, -0.25) is 4.90 Å². The minimum atomic E-state index is 0. The Bertz CT molecular complexity index is 156. The first kappa shape index (κ1) is 14.5. The molecule has 2 fully saturated rings. The Morgan fingerprint density at radius 3 is 2.57 bits per heavy atom. The number of halogens is 2. The van der Waals surface area contributed by atoms with Gasteiger partial charge in [0, 0.05) is 26.2 Å². The van der Waals surface area contributed by atoms with E-state index in [1.54, 1.807) is 0 Å². The quantitative estimate of drug-likeness (QED) is 0.800. The molecule has 0 bridgehead atoms. The average molecular weight is 243 g/mol. The molecule has 2 N–H and O–H groups in total. The van der Waals surface area contributed by atoms with Gasteiger partial charge in [0.15, 0.2) is 0 Å². The molecule has 0 spiro atoms. The van der Waals surface area contributed by atoms with Gasteiger partial charge in [0.25, 0.3) is 0 Å². The molecule has 1 aliphatic carbocycles. The van der Waals surface area contributed by atoms with Gasteiger partial charge in [-0.25, -0.2) is 0 Å². The van der Waals surface area contributed by atoms with Crippen molar-refractivity contribution < 1.29 is 4.74 Å². The van der Waals surface area contributed by atoms with Crippen molar-refractivity contribution in [2.45, 2.75) is 18.9 Å². The van der Waals surface area contributed by atoms with Crippen molar-refractivity contribution in [3.8, 4) is 0 Å². The maximum absolute atomic E-state index is 5.56. The number of nitrogens with two attached hydrogens (primary N) is 1. The Morgan fingerprint density at radius 1 is 1.29 bits per heavy atom. The Balaban J connectivity index is 0.000000845. The molecule has 1 heterocycles. The van der Waals surface area contributed by atoms with Crippen LogP contribution >= 0.6 is 24.8 Å². The van der Waals surface area contributed by atoms with Gasteiger partial charge < -0.3 is 10.5 Å². The standard InChI is InChI=1S/C9H18N2O.2ClH/c10-5-9-7-11(3-4-12-9)6-8-1-2-8;;/h8-9H,1-7,10H2;2*1H. The molecule has 1 unspecified atom stereocenters. The molecule has 0 aromatic carbocycles. The maximum Gasteiger partial charge on any atom is 0.0824 e. The van der Waals surface area contributed by atoms with Gasteiger partial charge in [-0.1, -0.05) is 0 Å². The SMILES string of the molecule is Cl.Cl.NCC1CN(CC2CC2)CCO1. The molecule has 14 heavy (non-hydrogen) atoms. The van der Waals surface area contributed by atoms with Gasteiger partial charge in [0.05, 0.1) is 12.7 Å². The maximum atomic E-state index is 5.56. The summed E-state index contributed by atoms with van der Waals surface area (Å²) in [6, 6.07) is 0. The molecular formula is C9H20Cl2N2O. The van der Waals surface area contributed by atoms with Crippen molar-refractivity contribution in [3.63, 3.8) is 0 Å². The fraction of sp³-hybridized carbons (Fsp3) is 1.00. The molecule has 86 valence electrons. The van der Waals surface area contributed by atoms with E-state index in [0.717, 1.165) is 25.6 Å². The number of hydrogen-bond donors (Lipinski definition) is 1. The number of ether oxygens (including phenoxy) is 1. The van der Waals surface area contributed by atoms with Gasteiger partial charge in [-0.05, 0) is 18.8 Å². The Labute approximate surface area is 98.2 Å². The molecule has 0 radical (unpaired) electrons. The normalized spacial score (nSPS) is 27.6. The van der Waals surface area contributed by atoms with E-state index >= 15 is 0 Å². The van der Waals surface area contributed by atoms with E-state index in [0.29, 0.717) is 6.54 Å².